The van der Waals surface area contributed by atoms with Crippen molar-refractivity contribution in [3.05, 3.63) is 32.4 Å². The molecular weight excluding hydrogens is 300 g/mol. The summed E-state index contributed by atoms with van der Waals surface area (Å²) in [6, 6.07) is 5.40. The van der Waals surface area contributed by atoms with E-state index in [0.717, 1.165) is 5.56 Å². The highest BCUT2D eigenvalue weighted by atomic mass is 127. The van der Waals surface area contributed by atoms with Crippen LogP contribution in [0.4, 0.5) is 0 Å². The molecule has 0 saturated carbocycles. The maximum atomic E-state index is 11.0. The van der Waals surface area contributed by atoms with Crippen LogP contribution in [-0.4, -0.2) is 5.24 Å². The van der Waals surface area contributed by atoms with Gasteiger partial charge < -0.3 is 0 Å². The van der Waals surface area contributed by atoms with Crippen molar-refractivity contribution in [3.8, 4) is 6.07 Å². The molecule has 0 atom stereocenters. The Morgan fingerprint density at radius 3 is 2.69 bits per heavy atom. The number of aryl methyl sites for hydroxylation is 1. The number of benzene rings is 1. The summed E-state index contributed by atoms with van der Waals surface area (Å²) in [7, 11) is 0. The van der Waals surface area contributed by atoms with Gasteiger partial charge in [-0.3, -0.25) is 4.79 Å². The standard InChI is InChI=1S/C9H5ClINO/c1-5-2-3-6(4-12)8(11)7(5)9(10)13/h2-3H,1H3. The van der Waals surface area contributed by atoms with Gasteiger partial charge in [0.25, 0.3) is 5.24 Å². The summed E-state index contributed by atoms with van der Waals surface area (Å²) in [5.41, 5.74) is 1.71. The van der Waals surface area contributed by atoms with Crippen LogP contribution in [0.25, 0.3) is 0 Å². The van der Waals surface area contributed by atoms with Crippen LogP contribution >= 0.6 is 34.2 Å². The zero-order valence-corrected chi connectivity index (χ0v) is 9.68. The largest absolute Gasteiger partial charge is 0.276 e. The molecule has 0 heterocycles. The van der Waals surface area contributed by atoms with E-state index < -0.39 is 5.24 Å². The van der Waals surface area contributed by atoms with Crippen LogP contribution in [0, 0.1) is 21.8 Å². The lowest BCUT2D eigenvalue weighted by molar-refractivity contribution is 0.108. The van der Waals surface area contributed by atoms with Crippen LogP contribution in [0.5, 0.6) is 0 Å². The average molecular weight is 306 g/mol. The Hall–Kier alpha value is -0.600. The monoisotopic (exact) mass is 305 g/mol. The van der Waals surface area contributed by atoms with Gasteiger partial charge in [0.15, 0.2) is 0 Å². The Labute approximate surface area is 94.6 Å². The second-order valence-corrected chi connectivity index (χ2v) is 3.93. The van der Waals surface area contributed by atoms with Crippen LogP contribution in [-0.2, 0) is 0 Å². The Bertz CT molecular complexity index is 409. The zero-order chi connectivity index (χ0) is 10.0. The third-order valence-electron chi connectivity index (χ3n) is 1.67. The Balaban J connectivity index is 3.50. The number of hydrogen-bond donors (Lipinski definition) is 0. The van der Waals surface area contributed by atoms with Gasteiger partial charge in [0.1, 0.15) is 6.07 Å². The van der Waals surface area contributed by atoms with Gasteiger partial charge in [-0.1, -0.05) is 6.07 Å². The minimum atomic E-state index is -0.515. The van der Waals surface area contributed by atoms with E-state index in [1.54, 1.807) is 19.1 Å². The van der Waals surface area contributed by atoms with Crippen molar-refractivity contribution >= 4 is 39.4 Å². The Morgan fingerprint density at radius 2 is 2.23 bits per heavy atom. The molecule has 0 saturated heterocycles. The van der Waals surface area contributed by atoms with Crippen molar-refractivity contribution in [1.82, 2.24) is 0 Å². The van der Waals surface area contributed by atoms with Gasteiger partial charge in [-0.15, -0.1) is 0 Å². The SMILES string of the molecule is Cc1ccc(C#N)c(I)c1C(=O)Cl. The zero-order valence-electron chi connectivity index (χ0n) is 6.77. The fourth-order valence-electron chi connectivity index (χ4n) is 1.00. The maximum absolute atomic E-state index is 11.0. The van der Waals surface area contributed by atoms with E-state index in [-0.39, 0.29) is 0 Å². The lowest BCUT2D eigenvalue weighted by Gasteiger charge is -2.04. The van der Waals surface area contributed by atoms with Crippen molar-refractivity contribution in [1.29, 1.82) is 5.26 Å². The highest BCUT2D eigenvalue weighted by molar-refractivity contribution is 14.1. The Morgan fingerprint density at radius 1 is 1.62 bits per heavy atom. The average Bonchev–Trinajstić information content (AvgIpc) is 2.04. The van der Waals surface area contributed by atoms with Gasteiger partial charge in [0.2, 0.25) is 0 Å². The number of carbonyl (C=O) groups excluding carboxylic acids is 1. The predicted molar refractivity (Wildman–Crippen MR) is 58.8 cm³/mol. The molecule has 0 fully saturated rings. The van der Waals surface area contributed by atoms with E-state index in [4.69, 9.17) is 16.9 Å². The fraction of sp³-hybridized carbons (Fsp3) is 0.111. The highest BCUT2D eigenvalue weighted by Crippen LogP contribution is 2.22. The summed E-state index contributed by atoms with van der Waals surface area (Å²) in [4.78, 5) is 11.0. The van der Waals surface area contributed by atoms with E-state index in [0.29, 0.717) is 14.7 Å². The molecule has 4 heteroatoms. The number of carbonyl (C=O) groups is 1. The third-order valence-corrected chi connectivity index (χ3v) is 2.98. The third kappa shape index (κ3) is 2.01. The van der Waals surface area contributed by atoms with Gasteiger partial charge in [0, 0.05) is 3.57 Å². The Kier molecular flexibility index (Phi) is 3.28. The van der Waals surface area contributed by atoms with E-state index in [1.807, 2.05) is 28.7 Å². The van der Waals surface area contributed by atoms with Gasteiger partial charge in [-0.05, 0) is 52.7 Å². The number of hydrogen-bond acceptors (Lipinski definition) is 2. The van der Waals surface area contributed by atoms with Crippen LogP contribution in [0.3, 0.4) is 0 Å². The van der Waals surface area contributed by atoms with Crippen molar-refractivity contribution in [2.24, 2.45) is 0 Å². The van der Waals surface area contributed by atoms with Crippen molar-refractivity contribution in [2.45, 2.75) is 6.92 Å². The van der Waals surface area contributed by atoms with Crippen molar-refractivity contribution in [2.75, 3.05) is 0 Å². The molecule has 0 aliphatic rings. The molecule has 1 aromatic carbocycles. The molecule has 1 rings (SSSR count). The molecule has 0 amide bonds. The summed E-state index contributed by atoms with van der Waals surface area (Å²) in [5.74, 6) is 0. The summed E-state index contributed by atoms with van der Waals surface area (Å²) in [5, 5.41) is 8.19. The highest BCUT2D eigenvalue weighted by Gasteiger charge is 2.13. The lowest BCUT2D eigenvalue weighted by Crippen LogP contribution is -1.99. The summed E-state index contributed by atoms with van der Waals surface area (Å²) < 4.78 is 0.625. The van der Waals surface area contributed by atoms with Crippen molar-refractivity contribution < 1.29 is 4.79 Å². The van der Waals surface area contributed by atoms with E-state index in [1.165, 1.54) is 0 Å². The molecule has 2 nitrogen and oxygen atoms in total. The molecule has 1 aromatic rings. The molecule has 66 valence electrons. The smallest absolute Gasteiger partial charge is 0.253 e. The first-order chi connectivity index (χ1) is 6.07. The first-order valence-corrected chi connectivity index (χ1v) is 4.92. The summed E-state index contributed by atoms with van der Waals surface area (Å²) in [6.45, 7) is 1.79. The second-order valence-electron chi connectivity index (χ2n) is 2.50. The van der Waals surface area contributed by atoms with Crippen LogP contribution in [0.2, 0.25) is 0 Å². The van der Waals surface area contributed by atoms with Crippen molar-refractivity contribution in [3.63, 3.8) is 0 Å². The number of nitrogens with zero attached hydrogens (tertiary/aromatic N) is 1. The van der Waals surface area contributed by atoms with Gasteiger partial charge >= 0.3 is 0 Å². The molecule has 13 heavy (non-hydrogen) atoms. The number of rotatable bonds is 1. The molecule has 0 aliphatic carbocycles. The quantitative estimate of drug-likeness (QED) is 0.591. The summed E-state index contributed by atoms with van der Waals surface area (Å²) >= 11 is 7.34. The molecule has 0 aliphatic heterocycles. The van der Waals surface area contributed by atoms with Crippen LogP contribution in [0.15, 0.2) is 12.1 Å². The van der Waals surface area contributed by atoms with E-state index in [2.05, 4.69) is 0 Å². The van der Waals surface area contributed by atoms with Crippen LogP contribution in [0.1, 0.15) is 21.5 Å². The van der Waals surface area contributed by atoms with E-state index in [9.17, 15) is 4.79 Å². The number of nitriles is 1. The van der Waals surface area contributed by atoms with Gasteiger partial charge in [-0.25, -0.2) is 0 Å². The van der Waals surface area contributed by atoms with Crippen LogP contribution < -0.4 is 0 Å². The summed E-state index contributed by atoms with van der Waals surface area (Å²) in [6.07, 6.45) is 0. The second kappa shape index (κ2) is 4.07. The maximum Gasteiger partial charge on any atom is 0.253 e. The molecule has 0 N–H and O–H groups in total. The first kappa shape index (κ1) is 10.5. The molecule has 0 aromatic heterocycles. The molecule has 0 bridgehead atoms. The molecule has 0 radical (unpaired) electrons. The molecular formula is C9H5ClINO. The predicted octanol–water partition coefficient (Wildman–Crippen LogP) is 2.85. The minimum absolute atomic E-state index is 0.432. The molecule has 0 unspecified atom stereocenters. The first-order valence-electron chi connectivity index (χ1n) is 3.47. The van der Waals surface area contributed by atoms with Gasteiger partial charge in [-0.2, -0.15) is 5.26 Å². The molecule has 0 spiro atoms. The van der Waals surface area contributed by atoms with E-state index >= 15 is 0 Å². The topological polar surface area (TPSA) is 40.9 Å². The lowest BCUT2D eigenvalue weighted by atomic mass is 10.1. The number of halogens is 2. The normalized spacial score (nSPS) is 9.38. The van der Waals surface area contributed by atoms with Gasteiger partial charge in [0.05, 0.1) is 11.1 Å². The fourth-order valence-corrected chi connectivity index (χ4v) is 2.37. The minimum Gasteiger partial charge on any atom is -0.276 e.